The summed E-state index contributed by atoms with van der Waals surface area (Å²) >= 11 is 0. The number of carboxylic acids is 1. The first kappa shape index (κ1) is 16.1. The summed E-state index contributed by atoms with van der Waals surface area (Å²) in [5, 5.41) is 11.6. The molecule has 0 saturated carbocycles. The lowest BCUT2D eigenvalue weighted by Crippen LogP contribution is -2.41. The molecule has 0 aliphatic rings. The summed E-state index contributed by atoms with van der Waals surface area (Å²) in [7, 11) is 0. The minimum Gasteiger partial charge on any atom is -0.481 e. The van der Waals surface area contributed by atoms with Crippen LogP contribution in [0.15, 0.2) is 18.2 Å². The van der Waals surface area contributed by atoms with Gasteiger partial charge in [-0.2, -0.15) is 0 Å². The number of halogens is 2. The first-order valence-electron chi connectivity index (χ1n) is 6.22. The SMILES string of the molecule is CCC(C)(CNC(=O)Cc1ccc(F)c(F)c1)C(=O)O. The number of carbonyl (C=O) groups is 2. The van der Waals surface area contributed by atoms with Crippen LogP contribution in [0, 0.1) is 17.0 Å². The smallest absolute Gasteiger partial charge is 0.311 e. The van der Waals surface area contributed by atoms with Crippen molar-refractivity contribution in [2.75, 3.05) is 6.54 Å². The average molecular weight is 285 g/mol. The number of nitrogens with one attached hydrogen (secondary N) is 1. The van der Waals surface area contributed by atoms with E-state index >= 15 is 0 Å². The first-order valence-corrected chi connectivity index (χ1v) is 6.22. The van der Waals surface area contributed by atoms with Crippen molar-refractivity contribution in [3.05, 3.63) is 35.4 Å². The van der Waals surface area contributed by atoms with Gasteiger partial charge in [-0.3, -0.25) is 9.59 Å². The van der Waals surface area contributed by atoms with Crippen LogP contribution in [0.3, 0.4) is 0 Å². The highest BCUT2D eigenvalue weighted by molar-refractivity contribution is 5.80. The molecule has 0 saturated heterocycles. The van der Waals surface area contributed by atoms with Crippen molar-refractivity contribution in [2.24, 2.45) is 5.41 Å². The Morgan fingerprint density at radius 3 is 2.45 bits per heavy atom. The summed E-state index contributed by atoms with van der Waals surface area (Å²) in [5.41, 5.74) is -0.709. The maximum atomic E-state index is 13.0. The van der Waals surface area contributed by atoms with Crippen molar-refractivity contribution in [1.82, 2.24) is 5.32 Å². The topological polar surface area (TPSA) is 66.4 Å². The van der Waals surface area contributed by atoms with E-state index < -0.39 is 28.9 Å². The quantitative estimate of drug-likeness (QED) is 0.841. The maximum Gasteiger partial charge on any atom is 0.311 e. The Morgan fingerprint density at radius 1 is 1.30 bits per heavy atom. The summed E-state index contributed by atoms with van der Waals surface area (Å²) in [6.07, 6.45) is 0.240. The number of carbonyl (C=O) groups excluding carboxylic acids is 1. The van der Waals surface area contributed by atoms with E-state index in [9.17, 15) is 18.4 Å². The van der Waals surface area contributed by atoms with Crippen LogP contribution < -0.4 is 5.32 Å². The Labute approximate surface area is 115 Å². The number of hydrogen-bond donors (Lipinski definition) is 2. The second-order valence-corrected chi connectivity index (χ2v) is 4.92. The number of hydrogen-bond acceptors (Lipinski definition) is 2. The minimum atomic E-state index is -1.04. The monoisotopic (exact) mass is 285 g/mol. The molecule has 0 aliphatic carbocycles. The Hall–Kier alpha value is -1.98. The Bertz CT molecular complexity index is 519. The molecule has 6 heteroatoms. The molecular weight excluding hydrogens is 268 g/mol. The summed E-state index contributed by atoms with van der Waals surface area (Å²) < 4.78 is 25.7. The van der Waals surface area contributed by atoms with E-state index in [0.29, 0.717) is 12.0 Å². The number of benzene rings is 1. The molecule has 1 unspecified atom stereocenters. The molecule has 20 heavy (non-hydrogen) atoms. The van der Waals surface area contributed by atoms with Gasteiger partial charge < -0.3 is 10.4 Å². The Morgan fingerprint density at radius 2 is 1.95 bits per heavy atom. The van der Waals surface area contributed by atoms with E-state index in [0.717, 1.165) is 12.1 Å². The van der Waals surface area contributed by atoms with Gasteiger partial charge in [-0.05, 0) is 31.0 Å². The Kier molecular flexibility index (Phi) is 5.19. The van der Waals surface area contributed by atoms with Gasteiger partial charge in [-0.15, -0.1) is 0 Å². The van der Waals surface area contributed by atoms with Crippen LogP contribution in [0.4, 0.5) is 8.78 Å². The number of aliphatic carboxylic acids is 1. The predicted molar refractivity (Wildman–Crippen MR) is 69.1 cm³/mol. The van der Waals surface area contributed by atoms with Gasteiger partial charge in [0.1, 0.15) is 0 Å². The van der Waals surface area contributed by atoms with E-state index in [1.165, 1.54) is 13.0 Å². The van der Waals surface area contributed by atoms with Gasteiger partial charge >= 0.3 is 5.97 Å². The third kappa shape index (κ3) is 4.01. The molecule has 0 fully saturated rings. The molecule has 1 aromatic rings. The fraction of sp³-hybridized carbons (Fsp3) is 0.429. The second-order valence-electron chi connectivity index (χ2n) is 4.92. The third-order valence-corrected chi connectivity index (χ3v) is 3.32. The van der Waals surface area contributed by atoms with Gasteiger partial charge in [-0.1, -0.05) is 13.0 Å². The molecular formula is C14H17F2NO3. The summed E-state index contributed by atoms with van der Waals surface area (Å²) in [6.45, 7) is 3.24. The largest absolute Gasteiger partial charge is 0.481 e. The molecule has 1 amide bonds. The highest BCUT2D eigenvalue weighted by Crippen LogP contribution is 2.20. The summed E-state index contributed by atoms with van der Waals surface area (Å²) in [6, 6.07) is 3.21. The second kappa shape index (κ2) is 6.45. The molecule has 0 spiro atoms. The molecule has 110 valence electrons. The molecule has 0 radical (unpaired) electrons. The molecule has 2 N–H and O–H groups in total. The van der Waals surface area contributed by atoms with Crippen LogP contribution in [-0.4, -0.2) is 23.5 Å². The molecule has 0 heterocycles. The van der Waals surface area contributed by atoms with E-state index in [-0.39, 0.29) is 13.0 Å². The first-order chi connectivity index (χ1) is 9.28. The van der Waals surface area contributed by atoms with Crippen LogP contribution >= 0.6 is 0 Å². The predicted octanol–water partition coefficient (Wildman–Crippen LogP) is 2.12. The third-order valence-electron chi connectivity index (χ3n) is 3.32. The average Bonchev–Trinajstić information content (AvgIpc) is 2.40. The zero-order chi connectivity index (χ0) is 15.3. The fourth-order valence-electron chi connectivity index (χ4n) is 1.54. The lowest BCUT2D eigenvalue weighted by atomic mass is 9.87. The van der Waals surface area contributed by atoms with Crippen molar-refractivity contribution < 1.29 is 23.5 Å². The van der Waals surface area contributed by atoms with Crippen LogP contribution in [0.1, 0.15) is 25.8 Å². The van der Waals surface area contributed by atoms with Crippen LogP contribution in [0.5, 0.6) is 0 Å². The lowest BCUT2D eigenvalue weighted by Gasteiger charge is -2.23. The summed E-state index contributed by atoms with van der Waals surface area (Å²) in [4.78, 5) is 22.7. The highest BCUT2D eigenvalue weighted by atomic mass is 19.2. The zero-order valence-electron chi connectivity index (χ0n) is 11.4. The van der Waals surface area contributed by atoms with E-state index in [1.807, 2.05) is 0 Å². The zero-order valence-corrected chi connectivity index (χ0v) is 11.4. The molecule has 0 aromatic heterocycles. The van der Waals surface area contributed by atoms with Crippen molar-refractivity contribution in [1.29, 1.82) is 0 Å². The van der Waals surface area contributed by atoms with Crippen molar-refractivity contribution in [3.63, 3.8) is 0 Å². The van der Waals surface area contributed by atoms with Crippen molar-refractivity contribution in [3.8, 4) is 0 Å². The molecule has 0 bridgehead atoms. The van der Waals surface area contributed by atoms with Gasteiger partial charge in [-0.25, -0.2) is 8.78 Å². The molecule has 1 rings (SSSR count). The van der Waals surface area contributed by atoms with Gasteiger partial charge in [0, 0.05) is 6.54 Å². The van der Waals surface area contributed by atoms with E-state index in [1.54, 1.807) is 6.92 Å². The summed E-state index contributed by atoms with van der Waals surface area (Å²) in [5.74, 6) is -3.41. The van der Waals surface area contributed by atoms with Gasteiger partial charge in [0.05, 0.1) is 11.8 Å². The fourth-order valence-corrected chi connectivity index (χ4v) is 1.54. The highest BCUT2D eigenvalue weighted by Gasteiger charge is 2.31. The van der Waals surface area contributed by atoms with Crippen molar-refractivity contribution in [2.45, 2.75) is 26.7 Å². The van der Waals surface area contributed by atoms with Gasteiger partial charge in [0.25, 0.3) is 0 Å². The molecule has 4 nitrogen and oxygen atoms in total. The minimum absolute atomic E-state index is 0.0126. The van der Waals surface area contributed by atoms with Crippen LogP contribution in [0.25, 0.3) is 0 Å². The Balaban J connectivity index is 2.60. The number of carboxylic acid groups (broad SMARTS) is 1. The maximum absolute atomic E-state index is 13.0. The van der Waals surface area contributed by atoms with Gasteiger partial charge in [0.2, 0.25) is 5.91 Å². The van der Waals surface area contributed by atoms with Gasteiger partial charge in [0.15, 0.2) is 11.6 Å². The molecule has 1 atom stereocenters. The molecule has 1 aromatic carbocycles. The van der Waals surface area contributed by atoms with Crippen molar-refractivity contribution >= 4 is 11.9 Å². The van der Waals surface area contributed by atoms with E-state index in [2.05, 4.69) is 5.32 Å². The normalized spacial score (nSPS) is 13.6. The lowest BCUT2D eigenvalue weighted by molar-refractivity contribution is -0.148. The van der Waals surface area contributed by atoms with Crippen LogP contribution in [-0.2, 0) is 16.0 Å². The number of rotatable bonds is 6. The molecule has 0 aliphatic heterocycles. The standard InChI is InChI=1S/C14H17F2NO3/c1-3-14(2,13(19)20)8-17-12(18)7-9-4-5-10(15)11(16)6-9/h4-6H,3,7-8H2,1-2H3,(H,17,18)(H,19,20). The van der Waals surface area contributed by atoms with Crippen LogP contribution in [0.2, 0.25) is 0 Å². The van der Waals surface area contributed by atoms with E-state index in [4.69, 9.17) is 5.11 Å². The number of amides is 1.